The van der Waals surface area contributed by atoms with Gasteiger partial charge in [-0.2, -0.15) is 5.10 Å². The second-order valence-corrected chi connectivity index (χ2v) is 8.54. The van der Waals surface area contributed by atoms with Gasteiger partial charge in [-0.15, -0.1) is 0 Å². The van der Waals surface area contributed by atoms with E-state index >= 15 is 0 Å². The van der Waals surface area contributed by atoms with E-state index in [-0.39, 0.29) is 18.1 Å². The average molecular weight is 420 g/mol. The number of hydrogen-bond donors (Lipinski definition) is 2. The van der Waals surface area contributed by atoms with Gasteiger partial charge in [0.05, 0.1) is 23.8 Å². The standard InChI is InChI=1S/C22H29N9/c1-29-18-13-27-30(2)19(18)12-25-21(29)17-11-26-22(31-9-7-16(24)8-10-31)28-20(17)14-3-5-15(23)6-4-14/h3,5-6,11-14,16,21H,4,7-10,23-24H2,1-2H3. The first-order valence-electron chi connectivity index (χ1n) is 10.8. The second-order valence-electron chi connectivity index (χ2n) is 8.54. The molecule has 3 aliphatic rings. The minimum Gasteiger partial charge on any atom is -0.399 e. The van der Waals surface area contributed by atoms with Crippen molar-refractivity contribution in [3.8, 4) is 0 Å². The minimum absolute atomic E-state index is 0.134. The van der Waals surface area contributed by atoms with Crippen LogP contribution in [0.15, 0.2) is 41.3 Å². The second kappa shape index (κ2) is 7.81. The number of fused-ring (bicyclic) bond motifs is 1. The number of nitrogens with two attached hydrogens (primary N) is 2. The Bertz CT molecular complexity index is 1060. The zero-order chi connectivity index (χ0) is 21.5. The molecule has 4 N–H and O–H groups in total. The molecular formula is C22H29N9. The van der Waals surface area contributed by atoms with Gasteiger partial charge in [0.25, 0.3) is 0 Å². The summed E-state index contributed by atoms with van der Waals surface area (Å²) in [6.07, 6.45) is 14.4. The molecule has 9 heteroatoms. The van der Waals surface area contributed by atoms with Crippen LogP contribution in [0.2, 0.25) is 0 Å². The van der Waals surface area contributed by atoms with Crippen LogP contribution in [0.4, 0.5) is 11.6 Å². The molecular weight excluding hydrogens is 390 g/mol. The van der Waals surface area contributed by atoms with Crippen LogP contribution in [0.1, 0.15) is 48.3 Å². The van der Waals surface area contributed by atoms with Crippen LogP contribution in [0.3, 0.4) is 0 Å². The number of aromatic nitrogens is 4. The van der Waals surface area contributed by atoms with Crippen LogP contribution in [0.25, 0.3) is 0 Å². The number of nitrogens with zero attached hydrogens (tertiary/aromatic N) is 7. The van der Waals surface area contributed by atoms with E-state index in [1.54, 1.807) is 0 Å². The fraction of sp³-hybridized carbons (Fsp3) is 0.455. The summed E-state index contributed by atoms with van der Waals surface area (Å²) < 4.78 is 1.84. The van der Waals surface area contributed by atoms with Crippen molar-refractivity contribution in [2.45, 2.75) is 37.4 Å². The van der Waals surface area contributed by atoms with Crippen molar-refractivity contribution in [2.75, 3.05) is 29.9 Å². The zero-order valence-electron chi connectivity index (χ0n) is 18.0. The number of hydrogen-bond acceptors (Lipinski definition) is 8. The quantitative estimate of drug-likeness (QED) is 0.776. The van der Waals surface area contributed by atoms with Gasteiger partial charge in [0.2, 0.25) is 5.95 Å². The Kier molecular flexibility index (Phi) is 4.97. The van der Waals surface area contributed by atoms with E-state index in [0.29, 0.717) is 0 Å². The lowest BCUT2D eigenvalue weighted by Crippen LogP contribution is -2.40. The fourth-order valence-electron chi connectivity index (χ4n) is 4.50. The summed E-state index contributed by atoms with van der Waals surface area (Å²) in [6.45, 7) is 1.77. The van der Waals surface area contributed by atoms with Crippen molar-refractivity contribution in [3.63, 3.8) is 0 Å². The van der Waals surface area contributed by atoms with E-state index in [1.165, 1.54) is 0 Å². The van der Waals surface area contributed by atoms with E-state index in [0.717, 1.165) is 66.6 Å². The molecule has 2 atom stereocenters. The Morgan fingerprint density at radius 2 is 1.94 bits per heavy atom. The molecule has 0 radical (unpaired) electrons. The van der Waals surface area contributed by atoms with Crippen LogP contribution >= 0.6 is 0 Å². The normalized spacial score (nSPS) is 23.8. The molecule has 0 saturated carbocycles. The molecule has 0 aromatic carbocycles. The van der Waals surface area contributed by atoms with Crippen LogP contribution in [-0.4, -0.2) is 52.1 Å². The molecule has 1 saturated heterocycles. The van der Waals surface area contributed by atoms with E-state index in [1.807, 2.05) is 43.5 Å². The fourth-order valence-corrected chi connectivity index (χ4v) is 4.50. The first kappa shape index (κ1) is 19.7. The van der Waals surface area contributed by atoms with E-state index in [4.69, 9.17) is 26.4 Å². The molecule has 9 nitrogen and oxygen atoms in total. The third-order valence-corrected chi connectivity index (χ3v) is 6.46. The average Bonchev–Trinajstić information content (AvgIpc) is 3.17. The zero-order valence-corrected chi connectivity index (χ0v) is 18.0. The highest BCUT2D eigenvalue weighted by Gasteiger charge is 2.30. The predicted octanol–water partition coefficient (Wildman–Crippen LogP) is 1.59. The number of rotatable bonds is 3. The Balaban J connectivity index is 1.53. The van der Waals surface area contributed by atoms with Gasteiger partial charge in [-0.05, 0) is 25.3 Å². The number of piperidine rings is 1. The van der Waals surface area contributed by atoms with Gasteiger partial charge in [-0.3, -0.25) is 9.67 Å². The maximum atomic E-state index is 6.09. The molecule has 0 amide bonds. The van der Waals surface area contributed by atoms with Crippen molar-refractivity contribution in [2.24, 2.45) is 23.5 Å². The molecule has 2 aliphatic heterocycles. The van der Waals surface area contributed by atoms with Gasteiger partial charge < -0.3 is 21.3 Å². The molecule has 2 unspecified atom stereocenters. The molecule has 2 aromatic rings. The van der Waals surface area contributed by atoms with E-state index in [2.05, 4.69) is 27.1 Å². The number of aliphatic imine (C=N–C) groups is 1. The molecule has 1 aliphatic carbocycles. The van der Waals surface area contributed by atoms with Gasteiger partial charge in [0.15, 0.2) is 0 Å². The highest BCUT2D eigenvalue weighted by atomic mass is 15.3. The SMILES string of the molecule is CN1c2cnn(C)c2C=NC1c1cnc(N2CCC(N)CC2)nc1C1C=CC(N)=CC1. The van der Waals surface area contributed by atoms with Crippen molar-refractivity contribution in [1.82, 2.24) is 19.7 Å². The summed E-state index contributed by atoms with van der Waals surface area (Å²) in [5.74, 6) is 0.904. The first-order valence-corrected chi connectivity index (χ1v) is 10.8. The lowest BCUT2D eigenvalue weighted by molar-refractivity contribution is 0.494. The van der Waals surface area contributed by atoms with Crippen LogP contribution < -0.4 is 21.3 Å². The van der Waals surface area contributed by atoms with Gasteiger partial charge in [0, 0.05) is 56.6 Å². The van der Waals surface area contributed by atoms with Crippen LogP contribution in [-0.2, 0) is 7.05 Å². The molecule has 1 fully saturated rings. The van der Waals surface area contributed by atoms with Crippen molar-refractivity contribution < 1.29 is 0 Å². The van der Waals surface area contributed by atoms with Gasteiger partial charge in [0.1, 0.15) is 11.9 Å². The van der Waals surface area contributed by atoms with Gasteiger partial charge in [-0.25, -0.2) is 9.97 Å². The van der Waals surface area contributed by atoms with E-state index in [9.17, 15) is 0 Å². The highest BCUT2D eigenvalue weighted by molar-refractivity contribution is 5.88. The Hall–Kier alpha value is -3.20. The van der Waals surface area contributed by atoms with Gasteiger partial charge in [-0.1, -0.05) is 12.2 Å². The molecule has 5 rings (SSSR count). The molecule has 0 bridgehead atoms. The Morgan fingerprint density at radius 3 is 2.68 bits per heavy atom. The lowest BCUT2D eigenvalue weighted by atomic mass is 9.92. The molecule has 162 valence electrons. The first-order chi connectivity index (χ1) is 15.0. The van der Waals surface area contributed by atoms with Crippen molar-refractivity contribution in [3.05, 3.63) is 53.3 Å². The molecule has 31 heavy (non-hydrogen) atoms. The summed E-state index contributed by atoms with van der Waals surface area (Å²) in [4.78, 5) is 19.0. The predicted molar refractivity (Wildman–Crippen MR) is 122 cm³/mol. The summed E-state index contributed by atoms with van der Waals surface area (Å²) in [5.41, 5.74) is 16.9. The number of anilines is 2. The van der Waals surface area contributed by atoms with Crippen LogP contribution in [0.5, 0.6) is 0 Å². The highest BCUT2D eigenvalue weighted by Crippen LogP contribution is 2.37. The summed E-state index contributed by atoms with van der Waals surface area (Å²) in [6, 6.07) is 0.267. The van der Waals surface area contributed by atoms with Crippen molar-refractivity contribution >= 4 is 17.9 Å². The molecule has 4 heterocycles. The Morgan fingerprint density at radius 1 is 1.13 bits per heavy atom. The van der Waals surface area contributed by atoms with E-state index < -0.39 is 0 Å². The van der Waals surface area contributed by atoms with Crippen LogP contribution in [0, 0.1) is 0 Å². The summed E-state index contributed by atoms with van der Waals surface area (Å²) in [7, 11) is 3.97. The lowest BCUT2D eigenvalue weighted by Gasteiger charge is -2.33. The minimum atomic E-state index is -0.202. The maximum absolute atomic E-state index is 6.09. The third-order valence-electron chi connectivity index (χ3n) is 6.46. The summed E-state index contributed by atoms with van der Waals surface area (Å²) >= 11 is 0. The smallest absolute Gasteiger partial charge is 0.225 e. The van der Waals surface area contributed by atoms with Crippen molar-refractivity contribution in [1.29, 1.82) is 0 Å². The largest absolute Gasteiger partial charge is 0.399 e. The maximum Gasteiger partial charge on any atom is 0.225 e. The number of allylic oxidation sites excluding steroid dienone is 3. The Labute approximate surface area is 182 Å². The topological polar surface area (TPSA) is 114 Å². The molecule has 2 aromatic heterocycles. The summed E-state index contributed by atoms with van der Waals surface area (Å²) in [5, 5.41) is 4.38. The van der Waals surface area contributed by atoms with Gasteiger partial charge >= 0.3 is 0 Å². The molecule has 0 spiro atoms. The number of aryl methyl sites for hydroxylation is 1. The monoisotopic (exact) mass is 419 g/mol. The third kappa shape index (κ3) is 3.59.